The van der Waals surface area contributed by atoms with Crippen LogP contribution in [0, 0.1) is 6.92 Å². The number of carbonyl (C=O) groups is 2. The predicted molar refractivity (Wildman–Crippen MR) is 65.7 cm³/mol. The average molecular weight is 257 g/mol. The quantitative estimate of drug-likeness (QED) is 0.866. The molecule has 1 aromatic heterocycles. The molecule has 6 heteroatoms. The van der Waals surface area contributed by atoms with Crippen molar-refractivity contribution in [2.45, 2.75) is 26.4 Å². The number of rotatable bonds is 4. The lowest BCUT2D eigenvalue weighted by Gasteiger charge is -2.21. The molecule has 2 N–H and O–H groups in total. The zero-order valence-corrected chi connectivity index (χ0v) is 11.0. The summed E-state index contributed by atoms with van der Waals surface area (Å²) >= 11 is 1.23. The van der Waals surface area contributed by atoms with Crippen LogP contribution in [-0.4, -0.2) is 29.7 Å². The second-order valence-electron chi connectivity index (χ2n) is 4.07. The summed E-state index contributed by atoms with van der Waals surface area (Å²) < 4.78 is 5.02. The van der Waals surface area contributed by atoms with Crippen molar-refractivity contribution in [3.63, 3.8) is 0 Å². The summed E-state index contributed by atoms with van der Waals surface area (Å²) in [5.74, 6) is -1.43. The molecule has 17 heavy (non-hydrogen) atoms. The minimum absolute atomic E-state index is 0.104. The molecule has 0 spiro atoms. The highest BCUT2D eigenvalue weighted by molar-refractivity contribution is 7.16. The Balaban J connectivity index is 2.96. The van der Waals surface area contributed by atoms with Crippen LogP contribution in [0.25, 0.3) is 0 Å². The molecule has 0 aliphatic carbocycles. The van der Waals surface area contributed by atoms with Gasteiger partial charge in [0.15, 0.2) is 0 Å². The Bertz CT molecular complexity index is 450. The molecule has 0 saturated carbocycles. The molecule has 1 aromatic rings. The van der Waals surface area contributed by atoms with Gasteiger partial charge >= 0.3 is 5.97 Å². The van der Waals surface area contributed by atoms with Gasteiger partial charge in [0.1, 0.15) is 10.6 Å². The Labute approximate surface area is 103 Å². The fourth-order valence-electron chi connectivity index (χ4n) is 1.11. The maximum Gasteiger partial charge on any atom is 0.338 e. The third kappa shape index (κ3) is 3.04. The lowest BCUT2D eigenvalue weighted by molar-refractivity contribution is -0.133. The van der Waals surface area contributed by atoms with E-state index < -0.39 is 11.6 Å². The standard InChI is InChI=1S/C11H15NO4S/c1-6-5-7(9(13)14)8(17-6)12-10(15)11(2,3)16-4/h5H,1-4H3,(H,12,15)(H,13,14). The number of amides is 1. The summed E-state index contributed by atoms with van der Waals surface area (Å²) in [6.07, 6.45) is 0. The van der Waals surface area contributed by atoms with Gasteiger partial charge in [0.05, 0.1) is 5.56 Å². The van der Waals surface area contributed by atoms with Crippen molar-refractivity contribution in [2.75, 3.05) is 12.4 Å². The van der Waals surface area contributed by atoms with Crippen molar-refractivity contribution >= 4 is 28.2 Å². The van der Waals surface area contributed by atoms with E-state index in [2.05, 4.69) is 5.32 Å². The summed E-state index contributed by atoms with van der Waals surface area (Å²) in [6.45, 7) is 5.01. The molecular formula is C11H15NO4S. The van der Waals surface area contributed by atoms with Crippen LogP contribution in [0.1, 0.15) is 29.1 Å². The van der Waals surface area contributed by atoms with Crippen molar-refractivity contribution in [3.05, 3.63) is 16.5 Å². The SMILES string of the molecule is COC(C)(C)C(=O)Nc1sc(C)cc1C(=O)O. The van der Waals surface area contributed by atoms with Crippen molar-refractivity contribution in [2.24, 2.45) is 0 Å². The molecule has 1 rings (SSSR count). The molecule has 0 unspecified atom stereocenters. The first kappa shape index (κ1) is 13.7. The van der Waals surface area contributed by atoms with Crippen LogP contribution in [0.15, 0.2) is 6.07 Å². The highest BCUT2D eigenvalue weighted by Gasteiger charge is 2.28. The van der Waals surface area contributed by atoms with Crippen LogP contribution in [-0.2, 0) is 9.53 Å². The molecule has 0 aliphatic heterocycles. The first-order valence-corrected chi connectivity index (χ1v) is 5.80. The molecular weight excluding hydrogens is 242 g/mol. The topological polar surface area (TPSA) is 75.6 Å². The summed E-state index contributed by atoms with van der Waals surface area (Å²) in [5.41, 5.74) is -0.888. The number of carbonyl (C=O) groups excluding carboxylic acids is 1. The highest BCUT2D eigenvalue weighted by Crippen LogP contribution is 2.28. The number of methoxy groups -OCH3 is 1. The van der Waals surface area contributed by atoms with E-state index in [9.17, 15) is 9.59 Å². The van der Waals surface area contributed by atoms with E-state index in [-0.39, 0.29) is 11.5 Å². The molecule has 0 atom stereocenters. The summed E-state index contributed by atoms with van der Waals surface area (Å²) in [6, 6.07) is 1.53. The maximum absolute atomic E-state index is 11.8. The zero-order chi connectivity index (χ0) is 13.2. The van der Waals surface area contributed by atoms with Crippen molar-refractivity contribution < 1.29 is 19.4 Å². The minimum Gasteiger partial charge on any atom is -0.478 e. The molecule has 5 nitrogen and oxygen atoms in total. The third-order valence-corrected chi connectivity index (χ3v) is 3.34. The number of thiophene rings is 1. The number of nitrogens with one attached hydrogen (secondary N) is 1. The molecule has 1 amide bonds. The zero-order valence-electron chi connectivity index (χ0n) is 10.2. The van der Waals surface area contributed by atoms with Gasteiger partial charge < -0.3 is 15.2 Å². The fraction of sp³-hybridized carbons (Fsp3) is 0.455. The average Bonchev–Trinajstić information content (AvgIpc) is 2.59. The summed E-state index contributed by atoms with van der Waals surface area (Å²) in [5, 5.41) is 11.9. The predicted octanol–water partition coefficient (Wildman–Crippen LogP) is 2.12. The molecule has 0 aliphatic rings. The molecule has 0 saturated heterocycles. The number of anilines is 1. The number of hydrogen-bond donors (Lipinski definition) is 2. The van der Waals surface area contributed by atoms with Gasteiger partial charge in [-0.1, -0.05) is 0 Å². The van der Waals surface area contributed by atoms with Crippen molar-refractivity contribution in [1.29, 1.82) is 0 Å². The number of ether oxygens (including phenoxy) is 1. The molecule has 1 heterocycles. The van der Waals surface area contributed by atoms with Crippen LogP contribution < -0.4 is 5.32 Å². The van der Waals surface area contributed by atoms with E-state index in [1.165, 1.54) is 24.5 Å². The van der Waals surface area contributed by atoms with Crippen LogP contribution in [0.3, 0.4) is 0 Å². The second-order valence-corrected chi connectivity index (χ2v) is 5.33. The Morgan fingerprint density at radius 3 is 2.53 bits per heavy atom. The third-order valence-electron chi connectivity index (χ3n) is 2.37. The number of aromatic carboxylic acids is 1. The van der Waals surface area contributed by atoms with Gasteiger partial charge in [-0.3, -0.25) is 4.79 Å². The Morgan fingerprint density at radius 1 is 1.47 bits per heavy atom. The Morgan fingerprint density at radius 2 is 2.06 bits per heavy atom. The highest BCUT2D eigenvalue weighted by atomic mass is 32.1. The number of carboxylic acid groups (broad SMARTS) is 1. The van der Waals surface area contributed by atoms with Gasteiger partial charge in [0.25, 0.3) is 5.91 Å². The van der Waals surface area contributed by atoms with Gasteiger partial charge in [0.2, 0.25) is 0 Å². The van der Waals surface area contributed by atoms with Crippen LogP contribution in [0.4, 0.5) is 5.00 Å². The molecule has 0 radical (unpaired) electrons. The van der Waals surface area contributed by atoms with E-state index in [0.29, 0.717) is 5.00 Å². The molecule has 0 bridgehead atoms. The Hall–Kier alpha value is -1.40. The summed E-state index contributed by atoms with van der Waals surface area (Å²) in [7, 11) is 1.43. The lowest BCUT2D eigenvalue weighted by atomic mass is 10.1. The van der Waals surface area contributed by atoms with Crippen LogP contribution in [0.5, 0.6) is 0 Å². The fourth-order valence-corrected chi connectivity index (χ4v) is 2.01. The maximum atomic E-state index is 11.8. The van der Waals surface area contributed by atoms with Gasteiger partial charge in [-0.15, -0.1) is 11.3 Å². The Kier molecular flexibility index (Phi) is 3.90. The lowest BCUT2D eigenvalue weighted by Crippen LogP contribution is -2.38. The smallest absolute Gasteiger partial charge is 0.338 e. The molecule has 94 valence electrons. The van der Waals surface area contributed by atoms with E-state index >= 15 is 0 Å². The van der Waals surface area contributed by atoms with E-state index in [1.807, 2.05) is 0 Å². The first-order valence-electron chi connectivity index (χ1n) is 4.98. The number of aryl methyl sites for hydroxylation is 1. The normalized spacial score (nSPS) is 11.3. The van der Waals surface area contributed by atoms with E-state index in [0.717, 1.165) is 4.88 Å². The van der Waals surface area contributed by atoms with E-state index in [1.54, 1.807) is 20.8 Å². The monoisotopic (exact) mass is 257 g/mol. The van der Waals surface area contributed by atoms with Crippen molar-refractivity contribution in [1.82, 2.24) is 0 Å². The van der Waals surface area contributed by atoms with Crippen LogP contribution in [0.2, 0.25) is 0 Å². The van der Waals surface area contributed by atoms with Gasteiger partial charge in [-0.05, 0) is 26.8 Å². The second kappa shape index (κ2) is 4.85. The van der Waals surface area contributed by atoms with Crippen molar-refractivity contribution in [3.8, 4) is 0 Å². The minimum atomic E-state index is -1.06. The molecule has 0 aromatic carbocycles. The van der Waals surface area contributed by atoms with Crippen LogP contribution >= 0.6 is 11.3 Å². The largest absolute Gasteiger partial charge is 0.478 e. The van der Waals surface area contributed by atoms with Gasteiger partial charge in [-0.25, -0.2) is 4.79 Å². The number of carboxylic acids is 1. The summed E-state index contributed by atoms with van der Waals surface area (Å²) in [4.78, 5) is 23.6. The first-order chi connectivity index (χ1) is 7.77. The number of hydrogen-bond acceptors (Lipinski definition) is 4. The van der Waals surface area contributed by atoms with Gasteiger partial charge in [-0.2, -0.15) is 0 Å². The van der Waals surface area contributed by atoms with Gasteiger partial charge in [0, 0.05) is 12.0 Å². The molecule has 0 fully saturated rings. The van der Waals surface area contributed by atoms with E-state index in [4.69, 9.17) is 9.84 Å².